The average molecular weight is 282 g/mol. The van der Waals surface area contributed by atoms with Gasteiger partial charge in [0.2, 0.25) is 5.91 Å². The van der Waals surface area contributed by atoms with Crippen molar-refractivity contribution in [3.8, 4) is 0 Å². The minimum atomic E-state index is -1.02. The fourth-order valence-corrected chi connectivity index (χ4v) is 2.37. The maximum absolute atomic E-state index is 12.1. The molecule has 1 aliphatic heterocycles. The van der Waals surface area contributed by atoms with E-state index in [-0.39, 0.29) is 17.5 Å². The molecular formula is C16H14N2O3. The van der Waals surface area contributed by atoms with E-state index in [1.807, 2.05) is 30.3 Å². The molecule has 1 heterocycles. The summed E-state index contributed by atoms with van der Waals surface area (Å²) in [5, 5.41) is 14.9. The molecule has 3 rings (SSSR count). The molecule has 5 heteroatoms. The van der Waals surface area contributed by atoms with Crippen LogP contribution in [-0.2, 0) is 11.2 Å². The molecule has 5 nitrogen and oxygen atoms in total. The molecule has 0 aromatic heterocycles. The molecule has 106 valence electrons. The zero-order chi connectivity index (χ0) is 14.8. The molecule has 0 bridgehead atoms. The van der Waals surface area contributed by atoms with E-state index < -0.39 is 5.97 Å². The van der Waals surface area contributed by atoms with E-state index >= 15 is 0 Å². The third kappa shape index (κ3) is 2.72. The van der Waals surface area contributed by atoms with Gasteiger partial charge in [-0.1, -0.05) is 30.3 Å². The van der Waals surface area contributed by atoms with Gasteiger partial charge in [0.15, 0.2) is 0 Å². The number of anilines is 2. The fourth-order valence-electron chi connectivity index (χ4n) is 2.37. The van der Waals surface area contributed by atoms with Crippen LogP contribution in [0, 0.1) is 0 Å². The second kappa shape index (κ2) is 5.28. The van der Waals surface area contributed by atoms with E-state index in [0.717, 1.165) is 11.3 Å². The summed E-state index contributed by atoms with van der Waals surface area (Å²) < 4.78 is 0. The highest BCUT2D eigenvalue weighted by Gasteiger charge is 2.26. The van der Waals surface area contributed by atoms with Crippen LogP contribution in [0.2, 0.25) is 0 Å². The van der Waals surface area contributed by atoms with Gasteiger partial charge in [-0.2, -0.15) is 0 Å². The quantitative estimate of drug-likeness (QED) is 0.807. The molecule has 2 aromatic rings. The Morgan fingerprint density at radius 1 is 1.10 bits per heavy atom. The van der Waals surface area contributed by atoms with E-state index in [1.54, 1.807) is 6.07 Å². The highest BCUT2D eigenvalue weighted by molar-refractivity contribution is 6.04. The smallest absolute Gasteiger partial charge is 0.335 e. The third-order valence-electron chi connectivity index (χ3n) is 3.45. The molecule has 1 aliphatic rings. The zero-order valence-corrected chi connectivity index (χ0v) is 11.2. The summed E-state index contributed by atoms with van der Waals surface area (Å²) in [6.07, 6.45) is 0.576. The van der Waals surface area contributed by atoms with E-state index in [4.69, 9.17) is 5.11 Å². The van der Waals surface area contributed by atoms with Crippen molar-refractivity contribution in [2.24, 2.45) is 0 Å². The summed E-state index contributed by atoms with van der Waals surface area (Å²) in [5.74, 6) is -1.17. The monoisotopic (exact) mass is 282 g/mol. The second-order valence-electron chi connectivity index (χ2n) is 4.94. The molecule has 1 atom stereocenters. The van der Waals surface area contributed by atoms with Crippen LogP contribution in [0.1, 0.15) is 15.9 Å². The van der Waals surface area contributed by atoms with Crippen LogP contribution in [0.3, 0.4) is 0 Å². The topological polar surface area (TPSA) is 78.4 Å². The molecule has 2 aromatic carbocycles. The van der Waals surface area contributed by atoms with Gasteiger partial charge in [0.25, 0.3) is 0 Å². The molecule has 21 heavy (non-hydrogen) atoms. The number of aromatic carboxylic acids is 1. The standard InChI is InChI=1S/C16H14N2O3/c19-15-14(8-10-4-2-1-3-5-10)17-12-7-6-11(16(20)21)9-13(12)18-15/h1-7,9,14,17H,8H2,(H,18,19)(H,20,21)/t14-/m1/s1. The van der Waals surface area contributed by atoms with E-state index in [9.17, 15) is 9.59 Å². The van der Waals surface area contributed by atoms with Crippen LogP contribution in [0.25, 0.3) is 0 Å². The van der Waals surface area contributed by atoms with E-state index in [0.29, 0.717) is 12.1 Å². The second-order valence-corrected chi connectivity index (χ2v) is 4.94. The number of hydrogen-bond donors (Lipinski definition) is 3. The zero-order valence-electron chi connectivity index (χ0n) is 11.2. The number of fused-ring (bicyclic) bond motifs is 1. The van der Waals surface area contributed by atoms with Crippen molar-refractivity contribution in [1.82, 2.24) is 0 Å². The Morgan fingerprint density at radius 2 is 1.86 bits per heavy atom. The summed E-state index contributed by atoms with van der Waals surface area (Å²) >= 11 is 0. The number of carbonyl (C=O) groups excluding carboxylic acids is 1. The fraction of sp³-hybridized carbons (Fsp3) is 0.125. The summed E-state index contributed by atoms with van der Waals surface area (Å²) in [5.41, 5.74) is 2.46. The maximum atomic E-state index is 12.1. The Bertz CT molecular complexity index is 698. The number of nitrogens with one attached hydrogen (secondary N) is 2. The van der Waals surface area contributed by atoms with Crippen LogP contribution in [-0.4, -0.2) is 23.0 Å². The molecule has 0 saturated heterocycles. The number of rotatable bonds is 3. The molecule has 3 N–H and O–H groups in total. The van der Waals surface area contributed by atoms with Crippen molar-refractivity contribution in [2.75, 3.05) is 10.6 Å². The first-order valence-electron chi connectivity index (χ1n) is 6.62. The van der Waals surface area contributed by atoms with Crippen molar-refractivity contribution < 1.29 is 14.7 Å². The molecule has 0 spiro atoms. The lowest BCUT2D eigenvalue weighted by Crippen LogP contribution is -2.40. The molecular weight excluding hydrogens is 268 g/mol. The van der Waals surface area contributed by atoms with Gasteiger partial charge in [0, 0.05) is 6.42 Å². The van der Waals surface area contributed by atoms with Crippen molar-refractivity contribution in [2.45, 2.75) is 12.5 Å². The van der Waals surface area contributed by atoms with Crippen molar-refractivity contribution in [3.05, 3.63) is 59.7 Å². The normalized spacial score (nSPS) is 16.6. The van der Waals surface area contributed by atoms with Gasteiger partial charge in [-0.25, -0.2) is 4.79 Å². The van der Waals surface area contributed by atoms with E-state index in [2.05, 4.69) is 10.6 Å². The van der Waals surface area contributed by atoms with Gasteiger partial charge < -0.3 is 15.7 Å². The summed E-state index contributed by atoms with van der Waals surface area (Å²) in [6, 6.07) is 14.0. The Labute approximate surface area is 121 Å². The average Bonchev–Trinajstić information content (AvgIpc) is 2.48. The van der Waals surface area contributed by atoms with Crippen LogP contribution >= 0.6 is 0 Å². The van der Waals surface area contributed by atoms with Gasteiger partial charge >= 0.3 is 5.97 Å². The van der Waals surface area contributed by atoms with Crippen LogP contribution in [0.15, 0.2) is 48.5 Å². The molecule has 0 unspecified atom stereocenters. The first-order chi connectivity index (χ1) is 10.1. The highest BCUT2D eigenvalue weighted by Crippen LogP contribution is 2.28. The predicted octanol–water partition coefficient (Wildman–Crippen LogP) is 2.36. The van der Waals surface area contributed by atoms with Crippen molar-refractivity contribution >= 4 is 23.3 Å². The predicted molar refractivity (Wildman–Crippen MR) is 79.6 cm³/mol. The summed E-state index contributed by atoms with van der Waals surface area (Å²) in [7, 11) is 0. The van der Waals surface area contributed by atoms with Crippen molar-refractivity contribution in [1.29, 1.82) is 0 Å². The SMILES string of the molecule is O=C(O)c1ccc2c(c1)NC(=O)[C@@H](Cc1ccccc1)N2. The van der Waals surface area contributed by atoms with Gasteiger partial charge in [-0.3, -0.25) is 4.79 Å². The maximum Gasteiger partial charge on any atom is 0.335 e. The summed E-state index contributed by atoms with van der Waals surface area (Å²) in [4.78, 5) is 23.1. The van der Waals surface area contributed by atoms with Gasteiger partial charge in [-0.05, 0) is 23.8 Å². The lowest BCUT2D eigenvalue weighted by Gasteiger charge is -2.27. The van der Waals surface area contributed by atoms with Crippen LogP contribution < -0.4 is 10.6 Å². The number of amides is 1. The molecule has 0 saturated carbocycles. The number of carbonyl (C=O) groups is 2. The Kier molecular flexibility index (Phi) is 3.31. The van der Waals surface area contributed by atoms with E-state index in [1.165, 1.54) is 12.1 Å². The largest absolute Gasteiger partial charge is 0.478 e. The minimum Gasteiger partial charge on any atom is -0.478 e. The first-order valence-corrected chi connectivity index (χ1v) is 6.62. The highest BCUT2D eigenvalue weighted by atomic mass is 16.4. The Hall–Kier alpha value is -2.82. The van der Waals surface area contributed by atoms with Gasteiger partial charge in [0.1, 0.15) is 6.04 Å². The van der Waals surface area contributed by atoms with Crippen LogP contribution in [0.5, 0.6) is 0 Å². The molecule has 0 aliphatic carbocycles. The number of hydrogen-bond acceptors (Lipinski definition) is 3. The summed E-state index contributed by atoms with van der Waals surface area (Å²) in [6.45, 7) is 0. The minimum absolute atomic E-state index is 0.150. The molecule has 1 amide bonds. The Balaban J connectivity index is 1.82. The number of benzene rings is 2. The number of carboxylic acid groups (broad SMARTS) is 1. The Morgan fingerprint density at radius 3 is 2.57 bits per heavy atom. The van der Waals surface area contributed by atoms with Gasteiger partial charge in [-0.15, -0.1) is 0 Å². The third-order valence-corrected chi connectivity index (χ3v) is 3.45. The van der Waals surface area contributed by atoms with Crippen molar-refractivity contribution in [3.63, 3.8) is 0 Å². The molecule has 0 fully saturated rings. The lowest BCUT2D eigenvalue weighted by molar-refractivity contribution is -0.117. The van der Waals surface area contributed by atoms with Crippen LogP contribution in [0.4, 0.5) is 11.4 Å². The molecule has 0 radical (unpaired) electrons. The first kappa shape index (κ1) is 13.2. The number of carboxylic acids is 1. The lowest BCUT2D eigenvalue weighted by atomic mass is 10.0. The van der Waals surface area contributed by atoms with Gasteiger partial charge in [0.05, 0.1) is 16.9 Å².